The summed E-state index contributed by atoms with van der Waals surface area (Å²) in [5.74, 6) is 1.09. The number of para-hydroxylation sites is 1. The molecule has 0 aliphatic rings. The molecule has 1 N–H and O–H groups in total. The van der Waals surface area contributed by atoms with Gasteiger partial charge >= 0.3 is 6.18 Å². The molecule has 0 unspecified atom stereocenters. The van der Waals surface area contributed by atoms with E-state index in [1.807, 2.05) is 36.4 Å². The lowest BCUT2D eigenvalue weighted by atomic mass is 10.1. The SMILES string of the molecule is COc1ccc(-c2nn(-c3ccccc3)cc2C=NNc2cc(C(F)(F)F)ccc2Cl)cc1OC. The summed E-state index contributed by atoms with van der Waals surface area (Å²) in [5, 5.41) is 8.93. The van der Waals surface area contributed by atoms with Gasteiger partial charge in [0.15, 0.2) is 11.5 Å². The van der Waals surface area contributed by atoms with Crippen molar-refractivity contribution < 1.29 is 22.6 Å². The molecule has 1 heterocycles. The number of methoxy groups -OCH3 is 2. The lowest BCUT2D eigenvalue weighted by Gasteiger charge is -2.10. The third-order valence-corrected chi connectivity index (χ3v) is 5.43. The summed E-state index contributed by atoms with van der Waals surface area (Å²) >= 11 is 6.06. The Morgan fingerprint density at radius 3 is 2.40 bits per heavy atom. The molecule has 4 aromatic rings. The number of anilines is 1. The van der Waals surface area contributed by atoms with Crippen molar-refractivity contribution in [3.05, 3.63) is 89.1 Å². The van der Waals surface area contributed by atoms with Crippen LogP contribution in [0.4, 0.5) is 18.9 Å². The van der Waals surface area contributed by atoms with Crippen molar-refractivity contribution in [3.8, 4) is 28.4 Å². The lowest BCUT2D eigenvalue weighted by molar-refractivity contribution is -0.137. The van der Waals surface area contributed by atoms with Gasteiger partial charge in [0.1, 0.15) is 5.69 Å². The number of nitrogens with one attached hydrogen (secondary N) is 1. The van der Waals surface area contributed by atoms with Crippen LogP contribution in [0.2, 0.25) is 5.02 Å². The zero-order valence-corrected chi connectivity index (χ0v) is 19.4. The average Bonchev–Trinajstić information content (AvgIpc) is 3.28. The van der Waals surface area contributed by atoms with Crippen LogP contribution < -0.4 is 14.9 Å². The normalized spacial score (nSPS) is 11.6. The van der Waals surface area contributed by atoms with E-state index >= 15 is 0 Å². The first-order valence-electron chi connectivity index (χ1n) is 10.3. The Labute approximate surface area is 204 Å². The number of nitrogens with zero attached hydrogens (tertiary/aromatic N) is 3. The molecular weight excluding hydrogens is 481 g/mol. The van der Waals surface area contributed by atoms with Crippen molar-refractivity contribution in [3.63, 3.8) is 0 Å². The quantitative estimate of drug-likeness (QED) is 0.227. The molecule has 0 aliphatic carbocycles. The van der Waals surface area contributed by atoms with Crippen LogP contribution in [0.25, 0.3) is 16.9 Å². The minimum Gasteiger partial charge on any atom is -0.493 e. The fourth-order valence-electron chi connectivity index (χ4n) is 3.36. The van der Waals surface area contributed by atoms with E-state index in [1.54, 1.807) is 30.1 Å². The summed E-state index contributed by atoms with van der Waals surface area (Å²) < 4.78 is 51.6. The number of alkyl halides is 3. The Morgan fingerprint density at radius 2 is 1.71 bits per heavy atom. The highest BCUT2D eigenvalue weighted by molar-refractivity contribution is 6.33. The van der Waals surface area contributed by atoms with Crippen molar-refractivity contribution in [2.24, 2.45) is 5.10 Å². The standard InChI is InChI=1S/C25H20ClF3N4O2/c1-34-22-11-8-16(12-23(22)35-2)24-17(15-33(32-24)19-6-4-3-5-7-19)14-30-31-21-13-18(25(27,28)29)9-10-20(21)26/h3-15,31H,1-2H3. The highest BCUT2D eigenvalue weighted by Gasteiger charge is 2.31. The third-order valence-electron chi connectivity index (χ3n) is 5.10. The largest absolute Gasteiger partial charge is 0.493 e. The van der Waals surface area contributed by atoms with Crippen LogP contribution in [0.15, 0.2) is 78.0 Å². The number of ether oxygens (including phenoxy) is 2. The summed E-state index contributed by atoms with van der Waals surface area (Å²) in [6, 6.07) is 17.8. The fourth-order valence-corrected chi connectivity index (χ4v) is 3.52. The number of rotatable bonds is 7. The fraction of sp³-hybridized carbons (Fsp3) is 0.120. The molecule has 6 nitrogen and oxygen atoms in total. The van der Waals surface area contributed by atoms with Crippen LogP contribution in [0, 0.1) is 0 Å². The second-order valence-electron chi connectivity index (χ2n) is 7.35. The monoisotopic (exact) mass is 500 g/mol. The maximum Gasteiger partial charge on any atom is 0.416 e. The molecule has 180 valence electrons. The lowest BCUT2D eigenvalue weighted by Crippen LogP contribution is -2.05. The Hall–Kier alpha value is -3.98. The second kappa shape index (κ2) is 10.1. The van der Waals surface area contributed by atoms with E-state index in [2.05, 4.69) is 10.5 Å². The van der Waals surface area contributed by atoms with E-state index in [4.69, 9.17) is 26.2 Å². The van der Waals surface area contributed by atoms with Gasteiger partial charge in [0.2, 0.25) is 0 Å². The number of aromatic nitrogens is 2. The van der Waals surface area contributed by atoms with E-state index in [0.717, 1.165) is 23.4 Å². The predicted molar refractivity (Wildman–Crippen MR) is 130 cm³/mol. The molecule has 0 amide bonds. The highest BCUT2D eigenvalue weighted by atomic mass is 35.5. The topological polar surface area (TPSA) is 60.7 Å². The molecule has 4 rings (SSSR count). The average molecular weight is 501 g/mol. The zero-order chi connectivity index (χ0) is 25.0. The van der Waals surface area contributed by atoms with E-state index < -0.39 is 11.7 Å². The van der Waals surface area contributed by atoms with Gasteiger partial charge in [-0.3, -0.25) is 5.43 Å². The maximum atomic E-state index is 13.1. The van der Waals surface area contributed by atoms with Gasteiger partial charge in [-0.2, -0.15) is 23.4 Å². The van der Waals surface area contributed by atoms with Gasteiger partial charge in [-0.25, -0.2) is 4.68 Å². The summed E-state index contributed by atoms with van der Waals surface area (Å²) in [7, 11) is 3.08. The molecule has 0 atom stereocenters. The molecule has 0 saturated carbocycles. The minimum absolute atomic E-state index is 0.0286. The first-order chi connectivity index (χ1) is 16.8. The first-order valence-corrected chi connectivity index (χ1v) is 10.7. The Morgan fingerprint density at radius 1 is 0.971 bits per heavy atom. The van der Waals surface area contributed by atoms with Gasteiger partial charge in [0.05, 0.1) is 42.4 Å². The number of hydrazone groups is 1. The molecule has 0 spiro atoms. The zero-order valence-electron chi connectivity index (χ0n) is 18.7. The summed E-state index contributed by atoms with van der Waals surface area (Å²) in [6.07, 6.45) is -1.27. The Bertz CT molecular complexity index is 1350. The number of hydrogen-bond donors (Lipinski definition) is 1. The number of halogens is 4. The van der Waals surface area contributed by atoms with Crippen LogP contribution in [0.1, 0.15) is 11.1 Å². The van der Waals surface area contributed by atoms with Gasteiger partial charge in [0, 0.05) is 17.3 Å². The summed E-state index contributed by atoms with van der Waals surface area (Å²) in [6.45, 7) is 0. The highest BCUT2D eigenvalue weighted by Crippen LogP contribution is 2.35. The molecule has 0 saturated heterocycles. The Balaban J connectivity index is 1.72. The molecule has 0 aliphatic heterocycles. The second-order valence-corrected chi connectivity index (χ2v) is 7.75. The summed E-state index contributed by atoms with van der Waals surface area (Å²) in [5.41, 5.74) is 4.54. The van der Waals surface area contributed by atoms with Crippen LogP contribution >= 0.6 is 11.6 Å². The molecule has 3 aromatic carbocycles. The Kier molecular flexibility index (Phi) is 6.97. The van der Waals surface area contributed by atoms with Gasteiger partial charge in [-0.1, -0.05) is 29.8 Å². The van der Waals surface area contributed by atoms with Gasteiger partial charge in [-0.15, -0.1) is 0 Å². The third kappa shape index (κ3) is 5.41. The molecule has 35 heavy (non-hydrogen) atoms. The van der Waals surface area contributed by atoms with Gasteiger partial charge < -0.3 is 9.47 Å². The van der Waals surface area contributed by atoms with Crippen molar-refractivity contribution >= 4 is 23.5 Å². The van der Waals surface area contributed by atoms with Crippen molar-refractivity contribution in [1.29, 1.82) is 0 Å². The summed E-state index contributed by atoms with van der Waals surface area (Å²) in [4.78, 5) is 0. The molecule has 1 aromatic heterocycles. The van der Waals surface area contributed by atoms with E-state index in [-0.39, 0.29) is 10.7 Å². The van der Waals surface area contributed by atoms with Crippen LogP contribution in [0.5, 0.6) is 11.5 Å². The van der Waals surface area contributed by atoms with Crippen molar-refractivity contribution in [2.75, 3.05) is 19.6 Å². The first kappa shape index (κ1) is 24.2. The van der Waals surface area contributed by atoms with E-state index in [0.29, 0.717) is 22.8 Å². The smallest absolute Gasteiger partial charge is 0.416 e. The molecule has 0 radical (unpaired) electrons. The van der Waals surface area contributed by atoms with E-state index in [9.17, 15) is 13.2 Å². The van der Waals surface area contributed by atoms with Crippen LogP contribution in [0.3, 0.4) is 0 Å². The molecule has 10 heteroatoms. The maximum absolute atomic E-state index is 13.1. The van der Waals surface area contributed by atoms with Crippen LogP contribution in [-0.4, -0.2) is 30.2 Å². The van der Waals surface area contributed by atoms with Crippen molar-refractivity contribution in [1.82, 2.24) is 9.78 Å². The number of benzene rings is 3. The van der Waals surface area contributed by atoms with Gasteiger partial charge in [0.25, 0.3) is 0 Å². The van der Waals surface area contributed by atoms with Crippen molar-refractivity contribution in [2.45, 2.75) is 6.18 Å². The number of hydrogen-bond acceptors (Lipinski definition) is 5. The molecule has 0 bridgehead atoms. The molecule has 0 fully saturated rings. The molecular formula is C25H20ClF3N4O2. The minimum atomic E-state index is -4.50. The van der Waals surface area contributed by atoms with Gasteiger partial charge in [-0.05, 0) is 48.5 Å². The predicted octanol–water partition coefficient (Wildman–Crippen LogP) is 6.67. The van der Waals surface area contributed by atoms with E-state index in [1.165, 1.54) is 19.4 Å². The van der Waals surface area contributed by atoms with Crippen LogP contribution in [-0.2, 0) is 6.18 Å².